The summed E-state index contributed by atoms with van der Waals surface area (Å²) < 4.78 is 8.76. The van der Waals surface area contributed by atoms with E-state index in [9.17, 15) is 4.79 Å². The van der Waals surface area contributed by atoms with Gasteiger partial charge < -0.3 is 19.5 Å². The molecule has 7 nitrogen and oxygen atoms in total. The van der Waals surface area contributed by atoms with Crippen molar-refractivity contribution in [2.24, 2.45) is 5.92 Å². The van der Waals surface area contributed by atoms with Crippen LogP contribution in [0.25, 0.3) is 10.9 Å². The van der Waals surface area contributed by atoms with Crippen molar-refractivity contribution in [2.45, 2.75) is 51.7 Å². The van der Waals surface area contributed by atoms with Crippen molar-refractivity contribution in [1.82, 2.24) is 19.4 Å². The Labute approximate surface area is 192 Å². The SMILES string of the molecule is C=CC(=O)N1CC(C)(Oc2nc(Nc3ncc(C)s3)cc3c2ccn3CC2CCCC2)C1. The Morgan fingerprint density at radius 3 is 2.88 bits per heavy atom. The van der Waals surface area contributed by atoms with Crippen LogP contribution in [0, 0.1) is 12.8 Å². The molecule has 2 aliphatic rings. The van der Waals surface area contributed by atoms with Crippen molar-refractivity contribution in [3.05, 3.63) is 42.1 Å². The van der Waals surface area contributed by atoms with E-state index in [-0.39, 0.29) is 5.91 Å². The van der Waals surface area contributed by atoms with E-state index in [2.05, 4.69) is 39.8 Å². The lowest BCUT2D eigenvalue weighted by molar-refractivity contribution is -0.143. The first-order chi connectivity index (χ1) is 15.4. The third kappa shape index (κ3) is 4.11. The second-order valence-corrected chi connectivity index (χ2v) is 10.5. The zero-order chi connectivity index (χ0) is 22.3. The summed E-state index contributed by atoms with van der Waals surface area (Å²) in [6.45, 7) is 9.69. The van der Waals surface area contributed by atoms with Crippen molar-refractivity contribution in [3.8, 4) is 5.88 Å². The fourth-order valence-electron chi connectivity index (χ4n) is 4.80. The first-order valence-corrected chi connectivity index (χ1v) is 12.0. The average Bonchev–Trinajstić information content (AvgIpc) is 3.49. The second kappa shape index (κ2) is 8.24. The molecule has 0 unspecified atom stereocenters. The summed E-state index contributed by atoms with van der Waals surface area (Å²) in [6, 6.07) is 4.18. The van der Waals surface area contributed by atoms with Gasteiger partial charge in [0, 0.05) is 29.9 Å². The molecule has 1 amide bonds. The van der Waals surface area contributed by atoms with Gasteiger partial charge in [-0.3, -0.25) is 4.79 Å². The van der Waals surface area contributed by atoms with Gasteiger partial charge in [0.05, 0.1) is 24.0 Å². The molecule has 0 bridgehead atoms. The van der Waals surface area contributed by atoms with Crippen LogP contribution in [-0.2, 0) is 11.3 Å². The van der Waals surface area contributed by atoms with Crippen LogP contribution >= 0.6 is 11.3 Å². The van der Waals surface area contributed by atoms with Crippen LogP contribution in [0.1, 0.15) is 37.5 Å². The highest BCUT2D eigenvalue weighted by molar-refractivity contribution is 7.15. The first-order valence-electron chi connectivity index (χ1n) is 11.2. The van der Waals surface area contributed by atoms with Crippen LogP contribution in [-0.4, -0.2) is 44.0 Å². The summed E-state index contributed by atoms with van der Waals surface area (Å²) in [5, 5.41) is 5.16. The standard InChI is InChI=1S/C24H29N5O2S/c1-4-21(30)29-14-24(3,15-29)31-22-18-9-10-28(13-17-7-5-6-8-17)19(18)11-20(26-22)27-23-25-12-16(2)32-23/h4,9-12,17H,1,5-8,13-15H2,2-3H3,(H,25,26,27). The third-order valence-electron chi connectivity index (χ3n) is 6.40. The Balaban J connectivity index is 1.46. The summed E-state index contributed by atoms with van der Waals surface area (Å²) in [7, 11) is 0. The van der Waals surface area contributed by atoms with E-state index in [0.717, 1.165) is 39.2 Å². The molecule has 0 radical (unpaired) electrons. The van der Waals surface area contributed by atoms with Gasteiger partial charge in [-0.1, -0.05) is 19.4 Å². The topological polar surface area (TPSA) is 72.3 Å². The van der Waals surface area contributed by atoms with Crippen molar-refractivity contribution in [1.29, 1.82) is 0 Å². The predicted octanol–water partition coefficient (Wildman–Crippen LogP) is 4.90. The lowest BCUT2D eigenvalue weighted by atomic mass is 9.96. The lowest BCUT2D eigenvalue weighted by Gasteiger charge is -2.46. The number of ether oxygens (including phenoxy) is 1. The van der Waals surface area contributed by atoms with Gasteiger partial charge in [-0.2, -0.15) is 4.98 Å². The molecule has 4 heterocycles. The van der Waals surface area contributed by atoms with E-state index >= 15 is 0 Å². The van der Waals surface area contributed by atoms with Crippen molar-refractivity contribution in [3.63, 3.8) is 0 Å². The fourth-order valence-corrected chi connectivity index (χ4v) is 5.47. The number of likely N-dealkylation sites (tertiary alicyclic amines) is 1. The Morgan fingerprint density at radius 2 is 2.19 bits per heavy atom. The number of rotatable bonds is 7. The second-order valence-electron chi connectivity index (χ2n) is 9.22. The van der Waals surface area contributed by atoms with Gasteiger partial charge in [0.15, 0.2) is 5.13 Å². The summed E-state index contributed by atoms with van der Waals surface area (Å²) in [4.78, 5) is 24.0. The maximum absolute atomic E-state index is 11.9. The number of carbonyl (C=O) groups is 1. The molecule has 1 aliphatic heterocycles. The van der Waals surface area contributed by atoms with Gasteiger partial charge in [-0.15, -0.1) is 11.3 Å². The molecule has 0 spiro atoms. The number of pyridine rings is 1. The number of amides is 1. The van der Waals surface area contributed by atoms with Gasteiger partial charge in [0.1, 0.15) is 11.4 Å². The minimum absolute atomic E-state index is 0.0681. The van der Waals surface area contributed by atoms with Crippen LogP contribution < -0.4 is 10.1 Å². The van der Waals surface area contributed by atoms with E-state index in [4.69, 9.17) is 9.72 Å². The van der Waals surface area contributed by atoms with Crippen LogP contribution in [0.4, 0.5) is 10.9 Å². The first kappa shape index (κ1) is 21.0. The molecular weight excluding hydrogens is 422 g/mol. The highest BCUT2D eigenvalue weighted by Gasteiger charge is 2.43. The molecule has 3 aromatic rings. The van der Waals surface area contributed by atoms with Crippen LogP contribution in [0.15, 0.2) is 37.2 Å². The fraction of sp³-hybridized carbons (Fsp3) is 0.458. The molecule has 1 N–H and O–H groups in total. The molecule has 1 aliphatic carbocycles. The molecule has 5 rings (SSSR count). The van der Waals surface area contributed by atoms with Crippen molar-refractivity contribution >= 4 is 39.1 Å². The highest BCUT2D eigenvalue weighted by atomic mass is 32.1. The minimum atomic E-state index is -0.470. The van der Waals surface area contributed by atoms with E-state index in [1.165, 1.54) is 31.8 Å². The molecule has 1 saturated heterocycles. The normalized spacial score (nSPS) is 18.0. The monoisotopic (exact) mass is 451 g/mol. The van der Waals surface area contributed by atoms with E-state index in [1.54, 1.807) is 16.2 Å². The summed E-state index contributed by atoms with van der Waals surface area (Å²) in [5.74, 6) is 1.97. The number of fused-ring (bicyclic) bond motifs is 1. The summed E-state index contributed by atoms with van der Waals surface area (Å²) in [5.41, 5.74) is 0.641. The van der Waals surface area contributed by atoms with Gasteiger partial charge in [0.2, 0.25) is 11.8 Å². The van der Waals surface area contributed by atoms with Crippen LogP contribution in [0.2, 0.25) is 0 Å². The predicted molar refractivity (Wildman–Crippen MR) is 128 cm³/mol. The molecule has 3 aromatic heterocycles. The molecule has 8 heteroatoms. The smallest absolute Gasteiger partial charge is 0.246 e. The molecule has 1 saturated carbocycles. The Hall–Kier alpha value is -2.87. The Morgan fingerprint density at radius 1 is 1.41 bits per heavy atom. The van der Waals surface area contributed by atoms with Gasteiger partial charge in [-0.25, -0.2) is 4.98 Å². The molecule has 168 valence electrons. The third-order valence-corrected chi connectivity index (χ3v) is 7.23. The maximum atomic E-state index is 11.9. The maximum Gasteiger partial charge on any atom is 0.246 e. The van der Waals surface area contributed by atoms with Crippen LogP contribution in [0.3, 0.4) is 0 Å². The number of nitrogens with zero attached hydrogens (tertiary/aromatic N) is 4. The summed E-state index contributed by atoms with van der Waals surface area (Å²) in [6.07, 6.45) is 10.6. The summed E-state index contributed by atoms with van der Waals surface area (Å²) >= 11 is 1.60. The van der Waals surface area contributed by atoms with E-state index in [0.29, 0.717) is 19.0 Å². The number of nitrogens with one attached hydrogen (secondary N) is 1. The van der Waals surface area contributed by atoms with Gasteiger partial charge >= 0.3 is 0 Å². The number of carbonyl (C=O) groups excluding carboxylic acids is 1. The zero-order valence-electron chi connectivity index (χ0n) is 18.6. The highest BCUT2D eigenvalue weighted by Crippen LogP contribution is 2.36. The van der Waals surface area contributed by atoms with Crippen LogP contribution in [0.5, 0.6) is 5.88 Å². The number of aryl methyl sites for hydroxylation is 1. The number of thiazole rings is 1. The number of hydrogen-bond acceptors (Lipinski definition) is 6. The zero-order valence-corrected chi connectivity index (χ0v) is 19.5. The largest absolute Gasteiger partial charge is 0.467 e. The lowest BCUT2D eigenvalue weighted by Crippen LogP contribution is -2.64. The Kier molecular flexibility index (Phi) is 5.41. The Bertz CT molecular complexity index is 1150. The molecule has 0 aromatic carbocycles. The quantitative estimate of drug-likeness (QED) is 0.517. The molecular formula is C24H29N5O2S. The molecule has 2 fully saturated rings. The van der Waals surface area contributed by atoms with Gasteiger partial charge in [0.25, 0.3) is 0 Å². The van der Waals surface area contributed by atoms with E-state index < -0.39 is 5.60 Å². The van der Waals surface area contributed by atoms with Crippen molar-refractivity contribution in [2.75, 3.05) is 18.4 Å². The van der Waals surface area contributed by atoms with E-state index in [1.807, 2.05) is 20.0 Å². The number of anilines is 2. The van der Waals surface area contributed by atoms with Gasteiger partial charge in [-0.05, 0) is 44.7 Å². The molecule has 32 heavy (non-hydrogen) atoms. The number of aromatic nitrogens is 3. The average molecular weight is 452 g/mol. The minimum Gasteiger partial charge on any atom is -0.467 e. The van der Waals surface area contributed by atoms with Crippen molar-refractivity contribution < 1.29 is 9.53 Å². The molecule has 0 atom stereocenters. The number of hydrogen-bond donors (Lipinski definition) is 1.